The Bertz CT molecular complexity index is 833. The number of benzene rings is 3. The molecule has 0 saturated carbocycles. The van der Waals surface area contributed by atoms with E-state index in [1.165, 1.54) is 5.56 Å². The largest absolute Gasteiger partial charge is 0.362 e. The molecule has 0 aliphatic heterocycles. The third-order valence-electron chi connectivity index (χ3n) is 3.82. The van der Waals surface area contributed by atoms with Crippen LogP contribution in [0, 0.1) is 0 Å². The highest BCUT2D eigenvalue weighted by Crippen LogP contribution is 2.18. The molecule has 0 atom stereocenters. The molecule has 0 saturated heterocycles. The van der Waals surface area contributed by atoms with E-state index >= 15 is 0 Å². The first-order valence-corrected chi connectivity index (χ1v) is 9.19. The third kappa shape index (κ3) is 5.76. The Hall–Kier alpha value is -2.56. The van der Waals surface area contributed by atoms with Gasteiger partial charge in [-0.3, -0.25) is 0 Å². The first kappa shape index (κ1) is 18.2. The Morgan fingerprint density at radius 3 is 2.08 bits per heavy atom. The van der Waals surface area contributed by atoms with Gasteiger partial charge in [0, 0.05) is 28.6 Å². The highest BCUT2D eigenvalue weighted by Gasteiger charge is 2.00. The predicted octanol–water partition coefficient (Wildman–Crippen LogP) is 5.61. The third-order valence-corrected chi connectivity index (χ3v) is 4.32. The van der Waals surface area contributed by atoms with E-state index in [4.69, 9.17) is 23.8 Å². The molecule has 132 valence electrons. The van der Waals surface area contributed by atoms with Crippen molar-refractivity contribution in [3.8, 4) is 0 Å². The molecule has 3 rings (SSSR count). The second-order valence-electron chi connectivity index (χ2n) is 5.83. The first-order valence-electron chi connectivity index (χ1n) is 8.40. The summed E-state index contributed by atoms with van der Waals surface area (Å²) in [6.07, 6.45) is 0.888. The Morgan fingerprint density at radius 2 is 1.38 bits per heavy atom. The van der Waals surface area contributed by atoms with E-state index in [9.17, 15) is 0 Å². The zero-order valence-electron chi connectivity index (χ0n) is 14.2. The van der Waals surface area contributed by atoms with Crippen LogP contribution in [-0.4, -0.2) is 11.7 Å². The zero-order chi connectivity index (χ0) is 18.2. The Balaban J connectivity index is 1.44. The van der Waals surface area contributed by atoms with Gasteiger partial charge < -0.3 is 16.0 Å². The molecular weight excluding hydrogens is 362 g/mol. The van der Waals surface area contributed by atoms with Gasteiger partial charge in [0.05, 0.1) is 0 Å². The van der Waals surface area contributed by atoms with E-state index in [0.29, 0.717) is 5.11 Å². The van der Waals surface area contributed by atoms with Gasteiger partial charge in [0.15, 0.2) is 5.11 Å². The van der Waals surface area contributed by atoms with Crippen LogP contribution in [0.1, 0.15) is 5.56 Å². The number of anilines is 3. The summed E-state index contributed by atoms with van der Waals surface area (Å²) < 4.78 is 0. The maximum Gasteiger partial charge on any atom is 0.170 e. The van der Waals surface area contributed by atoms with E-state index in [0.717, 1.165) is 35.1 Å². The van der Waals surface area contributed by atoms with Gasteiger partial charge in [-0.15, -0.1) is 0 Å². The maximum atomic E-state index is 5.89. The Morgan fingerprint density at radius 1 is 0.769 bits per heavy atom. The van der Waals surface area contributed by atoms with Gasteiger partial charge in [0.1, 0.15) is 0 Å². The summed E-state index contributed by atoms with van der Waals surface area (Å²) >= 11 is 11.2. The van der Waals surface area contributed by atoms with Crippen molar-refractivity contribution < 1.29 is 0 Å². The van der Waals surface area contributed by atoms with Crippen molar-refractivity contribution >= 4 is 46.0 Å². The van der Waals surface area contributed by atoms with Crippen LogP contribution in [0.5, 0.6) is 0 Å². The fourth-order valence-electron chi connectivity index (χ4n) is 2.47. The van der Waals surface area contributed by atoms with Crippen molar-refractivity contribution in [3.05, 3.63) is 89.4 Å². The molecule has 3 aromatic rings. The van der Waals surface area contributed by atoms with E-state index in [1.807, 2.05) is 78.9 Å². The van der Waals surface area contributed by atoms with Crippen LogP contribution in [0.4, 0.5) is 17.1 Å². The van der Waals surface area contributed by atoms with Gasteiger partial charge in [-0.1, -0.05) is 41.9 Å². The van der Waals surface area contributed by atoms with E-state index < -0.39 is 0 Å². The van der Waals surface area contributed by atoms with Gasteiger partial charge >= 0.3 is 0 Å². The molecule has 0 amide bonds. The lowest BCUT2D eigenvalue weighted by Crippen LogP contribution is -2.30. The van der Waals surface area contributed by atoms with E-state index in [-0.39, 0.29) is 0 Å². The van der Waals surface area contributed by atoms with Crippen LogP contribution in [0.3, 0.4) is 0 Å². The number of halogens is 1. The van der Waals surface area contributed by atoms with Crippen LogP contribution in [0.15, 0.2) is 78.9 Å². The monoisotopic (exact) mass is 381 g/mol. The average molecular weight is 382 g/mol. The molecule has 3 aromatic carbocycles. The summed E-state index contributed by atoms with van der Waals surface area (Å²) in [5.74, 6) is 0. The molecule has 0 unspecified atom stereocenters. The first-order chi connectivity index (χ1) is 12.7. The summed E-state index contributed by atoms with van der Waals surface area (Å²) in [6.45, 7) is 0.765. The lowest BCUT2D eigenvalue weighted by Gasteiger charge is -2.12. The Labute approximate surface area is 164 Å². The summed E-state index contributed by atoms with van der Waals surface area (Å²) in [6, 6.07) is 26.0. The zero-order valence-corrected chi connectivity index (χ0v) is 15.8. The SMILES string of the molecule is S=C(NCCc1ccc(Cl)cc1)Nc1ccc(Nc2ccccc2)cc1. The van der Waals surface area contributed by atoms with Crippen LogP contribution in [0.25, 0.3) is 0 Å². The minimum atomic E-state index is 0.614. The molecule has 0 spiro atoms. The fourth-order valence-corrected chi connectivity index (χ4v) is 2.82. The van der Waals surface area contributed by atoms with Crippen LogP contribution < -0.4 is 16.0 Å². The van der Waals surface area contributed by atoms with Crippen LogP contribution in [-0.2, 0) is 6.42 Å². The molecule has 0 fully saturated rings. The van der Waals surface area contributed by atoms with E-state index in [1.54, 1.807) is 0 Å². The summed E-state index contributed by atoms with van der Waals surface area (Å²) in [5, 5.41) is 11.1. The molecule has 3 nitrogen and oxygen atoms in total. The number of hydrogen-bond donors (Lipinski definition) is 3. The van der Waals surface area contributed by atoms with Gasteiger partial charge in [-0.05, 0) is 72.7 Å². The average Bonchev–Trinajstić information content (AvgIpc) is 2.66. The van der Waals surface area contributed by atoms with Crippen molar-refractivity contribution in [3.63, 3.8) is 0 Å². The number of thiocarbonyl (C=S) groups is 1. The Kier molecular flexibility index (Phi) is 6.47. The second kappa shape index (κ2) is 9.22. The number of hydrogen-bond acceptors (Lipinski definition) is 2. The number of para-hydroxylation sites is 1. The standard InChI is InChI=1S/C21H20ClN3S/c22-17-8-6-16(7-9-17)14-15-23-21(26)25-20-12-10-19(11-13-20)24-18-4-2-1-3-5-18/h1-13,24H,14-15H2,(H2,23,25,26). The van der Waals surface area contributed by atoms with Crippen LogP contribution in [0.2, 0.25) is 5.02 Å². The molecule has 0 bridgehead atoms. The summed E-state index contributed by atoms with van der Waals surface area (Å²) in [7, 11) is 0. The van der Waals surface area contributed by atoms with Gasteiger partial charge in [-0.25, -0.2) is 0 Å². The van der Waals surface area contributed by atoms with Gasteiger partial charge in [0.25, 0.3) is 0 Å². The fraction of sp³-hybridized carbons (Fsp3) is 0.0952. The van der Waals surface area contributed by atoms with Crippen molar-refractivity contribution in [1.29, 1.82) is 0 Å². The molecule has 0 heterocycles. The smallest absolute Gasteiger partial charge is 0.170 e. The number of rotatable bonds is 6. The molecular formula is C21H20ClN3S. The van der Waals surface area contributed by atoms with Crippen molar-refractivity contribution in [2.45, 2.75) is 6.42 Å². The molecule has 0 aromatic heterocycles. The minimum Gasteiger partial charge on any atom is -0.362 e. The second-order valence-corrected chi connectivity index (χ2v) is 6.67. The topological polar surface area (TPSA) is 36.1 Å². The van der Waals surface area contributed by atoms with Crippen molar-refractivity contribution in [1.82, 2.24) is 5.32 Å². The summed E-state index contributed by atoms with van der Waals surface area (Å²) in [4.78, 5) is 0. The van der Waals surface area contributed by atoms with Gasteiger partial charge in [-0.2, -0.15) is 0 Å². The quantitative estimate of drug-likeness (QED) is 0.485. The van der Waals surface area contributed by atoms with Crippen molar-refractivity contribution in [2.75, 3.05) is 17.2 Å². The highest BCUT2D eigenvalue weighted by atomic mass is 35.5. The highest BCUT2D eigenvalue weighted by molar-refractivity contribution is 7.80. The van der Waals surface area contributed by atoms with Crippen molar-refractivity contribution in [2.24, 2.45) is 0 Å². The molecule has 26 heavy (non-hydrogen) atoms. The van der Waals surface area contributed by atoms with Crippen LogP contribution >= 0.6 is 23.8 Å². The molecule has 0 aliphatic rings. The minimum absolute atomic E-state index is 0.614. The van der Waals surface area contributed by atoms with E-state index in [2.05, 4.69) is 16.0 Å². The molecule has 0 aliphatic carbocycles. The molecule has 5 heteroatoms. The normalized spacial score (nSPS) is 10.2. The maximum absolute atomic E-state index is 5.89. The lowest BCUT2D eigenvalue weighted by atomic mass is 10.1. The molecule has 3 N–H and O–H groups in total. The number of nitrogens with one attached hydrogen (secondary N) is 3. The van der Waals surface area contributed by atoms with Gasteiger partial charge in [0.2, 0.25) is 0 Å². The lowest BCUT2D eigenvalue weighted by molar-refractivity contribution is 0.873. The molecule has 0 radical (unpaired) electrons. The predicted molar refractivity (Wildman–Crippen MR) is 116 cm³/mol. The summed E-state index contributed by atoms with van der Waals surface area (Å²) in [5.41, 5.74) is 4.27.